The Morgan fingerprint density at radius 2 is 1.68 bits per heavy atom. The van der Waals surface area contributed by atoms with Gasteiger partial charge in [0.15, 0.2) is 0 Å². The third-order valence-corrected chi connectivity index (χ3v) is 3.50. The molecule has 0 aliphatic rings. The molecule has 0 saturated heterocycles. The van der Waals surface area contributed by atoms with Gasteiger partial charge >= 0.3 is 0 Å². The summed E-state index contributed by atoms with van der Waals surface area (Å²) in [6.45, 7) is 12.9. The van der Waals surface area contributed by atoms with Gasteiger partial charge in [0.25, 0.3) is 0 Å². The Hall–Kier alpha value is -1.37. The summed E-state index contributed by atoms with van der Waals surface area (Å²) < 4.78 is 0. The fourth-order valence-corrected chi connectivity index (χ4v) is 2.57. The van der Waals surface area contributed by atoms with Gasteiger partial charge in [-0.15, -0.1) is 0 Å². The largest absolute Gasteiger partial charge is 0.256 e. The van der Waals surface area contributed by atoms with Gasteiger partial charge in [0.1, 0.15) is 0 Å². The number of fused-ring (bicyclic) bond motifs is 1. The molecule has 2 rings (SSSR count). The van der Waals surface area contributed by atoms with Crippen LogP contribution in [0.5, 0.6) is 0 Å². The molecule has 104 valence electrons. The first-order valence-electron chi connectivity index (χ1n) is 7.58. The maximum Gasteiger partial charge on any atom is 0.0739 e. The zero-order chi connectivity index (χ0) is 14.4. The summed E-state index contributed by atoms with van der Waals surface area (Å²) in [5, 5.41) is 1.33. The van der Waals surface area contributed by atoms with Gasteiger partial charge < -0.3 is 0 Å². The molecule has 0 spiro atoms. The summed E-state index contributed by atoms with van der Waals surface area (Å²) in [6, 6.07) is 6.67. The van der Waals surface area contributed by atoms with Gasteiger partial charge in [0, 0.05) is 11.6 Å². The summed E-state index contributed by atoms with van der Waals surface area (Å²) in [5.74, 6) is 0.553. The molecule has 2 aromatic rings. The van der Waals surface area contributed by atoms with Crippen LogP contribution in [-0.2, 0) is 12.8 Å². The molecule has 0 atom stereocenters. The molecule has 19 heavy (non-hydrogen) atoms. The molecule has 0 unspecified atom stereocenters. The lowest BCUT2D eigenvalue weighted by Crippen LogP contribution is -1.98. The highest BCUT2D eigenvalue weighted by molar-refractivity contribution is 5.86. The molecule has 0 fully saturated rings. The molecule has 1 aromatic heterocycles. The predicted octanol–water partition coefficient (Wildman–Crippen LogP) is 5.51. The topological polar surface area (TPSA) is 12.9 Å². The molecule has 0 N–H and O–H groups in total. The van der Waals surface area contributed by atoms with Crippen molar-refractivity contribution in [3.8, 4) is 0 Å². The second-order valence-corrected chi connectivity index (χ2v) is 4.86. The average Bonchev–Trinajstić information content (AvgIpc) is 2.47. The highest BCUT2D eigenvalue weighted by Gasteiger charge is 2.10. The molecule has 1 aromatic carbocycles. The standard InChI is InChI=1S/C16H21N.C2H6/c1-5-12-7-8-15-14(11(3)4)9-10-17-16(15)13(12)6-2;1-2/h7-11H,5-6H2,1-4H3;1-2H3. The number of nitrogens with zero attached hydrogens (tertiary/aromatic N) is 1. The molecule has 0 aliphatic carbocycles. The van der Waals surface area contributed by atoms with Crippen molar-refractivity contribution in [2.75, 3.05) is 0 Å². The highest BCUT2D eigenvalue weighted by Crippen LogP contribution is 2.28. The van der Waals surface area contributed by atoms with Crippen LogP contribution in [0.25, 0.3) is 10.9 Å². The van der Waals surface area contributed by atoms with Crippen LogP contribution in [0, 0.1) is 0 Å². The van der Waals surface area contributed by atoms with E-state index in [2.05, 4.69) is 50.9 Å². The van der Waals surface area contributed by atoms with Crippen LogP contribution >= 0.6 is 0 Å². The van der Waals surface area contributed by atoms with Crippen molar-refractivity contribution in [3.05, 3.63) is 41.1 Å². The Morgan fingerprint density at radius 3 is 2.21 bits per heavy atom. The van der Waals surface area contributed by atoms with Crippen molar-refractivity contribution in [2.45, 2.75) is 60.3 Å². The summed E-state index contributed by atoms with van der Waals surface area (Å²) in [7, 11) is 0. The monoisotopic (exact) mass is 257 g/mol. The molecular formula is C18H27N. The molecule has 0 radical (unpaired) electrons. The van der Waals surface area contributed by atoms with Crippen molar-refractivity contribution in [3.63, 3.8) is 0 Å². The van der Waals surface area contributed by atoms with Crippen molar-refractivity contribution in [1.29, 1.82) is 0 Å². The van der Waals surface area contributed by atoms with Crippen LogP contribution in [0.2, 0.25) is 0 Å². The van der Waals surface area contributed by atoms with Gasteiger partial charge in [0.2, 0.25) is 0 Å². The van der Waals surface area contributed by atoms with Gasteiger partial charge in [-0.25, -0.2) is 0 Å². The van der Waals surface area contributed by atoms with E-state index in [1.807, 2.05) is 20.0 Å². The van der Waals surface area contributed by atoms with E-state index in [1.54, 1.807) is 0 Å². The van der Waals surface area contributed by atoms with Gasteiger partial charge in [0.05, 0.1) is 5.52 Å². The SMILES string of the molecule is CC.CCc1ccc2c(C(C)C)ccnc2c1CC. The fourth-order valence-electron chi connectivity index (χ4n) is 2.57. The lowest BCUT2D eigenvalue weighted by molar-refractivity contribution is 0.873. The normalized spacial score (nSPS) is 10.5. The van der Waals surface area contributed by atoms with E-state index in [0.717, 1.165) is 12.8 Å². The van der Waals surface area contributed by atoms with Crippen molar-refractivity contribution in [1.82, 2.24) is 4.98 Å². The lowest BCUT2D eigenvalue weighted by atomic mass is 9.93. The molecular weight excluding hydrogens is 230 g/mol. The number of pyridine rings is 1. The molecule has 1 heterocycles. The maximum absolute atomic E-state index is 4.60. The summed E-state index contributed by atoms with van der Waals surface area (Å²) >= 11 is 0. The Bertz CT molecular complexity index is 526. The minimum absolute atomic E-state index is 0.553. The van der Waals surface area contributed by atoms with E-state index >= 15 is 0 Å². The summed E-state index contributed by atoms with van der Waals surface area (Å²) in [5.41, 5.74) is 5.48. The van der Waals surface area contributed by atoms with E-state index in [1.165, 1.54) is 27.6 Å². The molecule has 0 aliphatic heterocycles. The average molecular weight is 257 g/mol. The number of benzene rings is 1. The van der Waals surface area contributed by atoms with Gasteiger partial charge in [-0.3, -0.25) is 4.98 Å². The molecule has 0 amide bonds. The number of rotatable bonds is 3. The first kappa shape index (κ1) is 15.7. The van der Waals surface area contributed by atoms with E-state index in [0.29, 0.717) is 5.92 Å². The van der Waals surface area contributed by atoms with E-state index < -0.39 is 0 Å². The summed E-state index contributed by atoms with van der Waals surface area (Å²) in [4.78, 5) is 4.60. The molecule has 1 nitrogen and oxygen atoms in total. The smallest absolute Gasteiger partial charge is 0.0739 e. The number of aryl methyl sites for hydroxylation is 2. The van der Waals surface area contributed by atoms with Crippen LogP contribution in [-0.4, -0.2) is 4.98 Å². The Morgan fingerprint density at radius 1 is 1.00 bits per heavy atom. The Kier molecular flexibility index (Phi) is 6.01. The first-order chi connectivity index (χ1) is 9.19. The second-order valence-electron chi connectivity index (χ2n) is 4.86. The molecule has 0 saturated carbocycles. The van der Waals surface area contributed by atoms with Crippen LogP contribution in [0.1, 0.15) is 64.2 Å². The quantitative estimate of drug-likeness (QED) is 0.706. The molecule has 1 heteroatoms. The zero-order valence-electron chi connectivity index (χ0n) is 13.2. The van der Waals surface area contributed by atoms with Gasteiger partial charge in [-0.05, 0) is 41.5 Å². The summed E-state index contributed by atoms with van der Waals surface area (Å²) in [6.07, 6.45) is 4.11. The van der Waals surface area contributed by atoms with Crippen LogP contribution in [0.15, 0.2) is 24.4 Å². The zero-order valence-corrected chi connectivity index (χ0v) is 13.2. The van der Waals surface area contributed by atoms with Gasteiger partial charge in [-0.1, -0.05) is 53.7 Å². The highest BCUT2D eigenvalue weighted by atomic mass is 14.7. The van der Waals surface area contributed by atoms with E-state index in [4.69, 9.17) is 0 Å². The number of hydrogen-bond donors (Lipinski definition) is 0. The van der Waals surface area contributed by atoms with E-state index in [-0.39, 0.29) is 0 Å². The van der Waals surface area contributed by atoms with Crippen LogP contribution in [0.3, 0.4) is 0 Å². The Balaban J connectivity index is 0.000000861. The predicted molar refractivity (Wildman–Crippen MR) is 85.9 cm³/mol. The van der Waals surface area contributed by atoms with Crippen molar-refractivity contribution >= 4 is 10.9 Å². The van der Waals surface area contributed by atoms with Gasteiger partial charge in [-0.2, -0.15) is 0 Å². The number of aromatic nitrogens is 1. The third kappa shape index (κ3) is 3.15. The van der Waals surface area contributed by atoms with E-state index in [9.17, 15) is 0 Å². The lowest BCUT2D eigenvalue weighted by Gasteiger charge is -2.14. The van der Waals surface area contributed by atoms with Crippen LogP contribution < -0.4 is 0 Å². The maximum atomic E-state index is 4.60. The van der Waals surface area contributed by atoms with Crippen molar-refractivity contribution in [2.24, 2.45) is 0 Å². The van der Waals surface area contributed by atoms with Crippen molar-refractivity contribution < 1.29 is 0 Å². The Labute approximate surface area is 118 Å². The van der Waals surface area contributed by atoms with Crippen LogP contribution in [0.4, 0.5) is 0 Å². The fraction of sp³-hybridized carbons (Fsp3) is 0.500. The third-order valence-electron chi connectivity index (χ3n) is 3.50. The minimum atomic E-state index is 0.553. The first-order valence-corrected chi connectivity index (χ1v) is 7.58. The number of hydrogen-bond acceptors (Lipinski definition) is 1. The minimum Gasteiger partial charge on any atom is -0.256 e. The second kappa shape index (κ2) is 7.28. The molecule has 0 bridgehead atoms.